The Kier molecular flexibility index (Phi) is 4.54. The first-order valence-corrected chi connectivity index (χ1v) is 7.96. The molecule has 0 aliphatic heterocycles. The van der Waals surface area contributed by atoms with E-state index in [0.717, 1.165) is 35.1 Å². The molecule has 3 rings (SSSR count). The second-order valence-electron chi connectivity index (χ2n) is 5.93. The molecule has 2 aromatic rings. The van der Waals surface area contributed by atoms with Crippen molar-refractivity contribution in [3.63, 3.8) is 0 Å². The number of nitrogens with two attached hydrogens (primary N) is 1. The van der Waals surface area contributed by atoms with E-state index in [-0.39, 0.29) is 5.91 Å². The van der Waals surface area contributed by atoms with Crippen LogP contribution in [0.25, 0.3) is 11.1 Å². The Bertz CT molecular complexity index is 625. The second kappa shape index (κ2) is 6.75. The van der Waals surface area contributed by atoms with Crippen LogP contribution in [0.5, 0.6) is 0 Å². The van der Waals surface area contributed by atoms with E-state index in [0.29, 0.717) is 12.6 Å². The van der Waals surface area contributed by atoms with Crippen LogP contribution < -0.4 is 11.1 Å². The van der Waals surface area contributed by atoms with Crippen LogP contribution in [0, 0.1) is 0 Å². The van der Waals surface area contributed by atoms with Crippen LogP contribution in [0.3, 0.4) is 0 Å². The van der Waals surface area contributed by atoms with Crippen LogP contribution in [0.4, 0.5) is 0 Å². The Morgan fingerprint density at radius 2 is 1.50 bits per heavy atom. The van der Waals surface area contributed by atoms with Crippen LogP contribution >= 0.6 is 0 Å². The van der Waals surface area contributed by atoms with Gasteiger partial charge in [0.05, 0.1) is 0 Å². The van der Waals surface area contributed by atoms with Crippen LogP contribution in [0.2, 0.25) is 0 Å². The molecule has 0 aromatic heterocycles. The smallest absolute Gasteiger partial charge is 0.251 e. The Labute approximate surface area is 131 Å². The van der Waals surface area contributed by atoms with E-state index >= 15 is 0 Å². The summed E-state index contributed by atoms with van der Waals surface area (Å²) < 4.78 is 0. The lowest BCUT2D eigenvalue weighted by Gasteiger charge is -2.12. The predicted molar refractivity (Wildman–Crippen MR) is 89.5 cm³/mol. The molecule has 114 valence electrons. The number of amides is 1. The zero-order valence-electron chi connectivity index (χ0n) is 12.7. The van der Waals surface area contributed by atoms with Gasteiger partial charge < -0.3 is 11.1 Å². The van der Waals surface area contributed by atoms with Crippen molar-refractivity contribution in [3.05, 3.63) is 59.7 Å². The number of nitrogens with one attached hydrogen (secondary N) is 1. The quantitative estimate of drug-likeness (QED) is 0.907. The van der Waals surface area contributed by atoms with Crippen molar-refractivity contribution >= 4 is 5.91 Å². The highest BCUT2D eigenvalue weighted by molar-refractivity contribution is 5.94. The van der Waals surface area contributed by atoms with Crippen molar-refractivity contribution in [2.45, 2.75) is 38.3 Å². The lowest BCUT2D eigenvalue weighted by molar-refractivity contribution is 0.0938. The highest BCUT2D eigenvalue weighted by atomic mass is 16.1. The van der Waals surface area contributed by atoms with Crippen molar-refractivity contribution in [1.29, 1.82) is 0 Å². The average molecular weight is 294 g/mol. The second-order valence-corrected chi connectivity index (χ2v) is 5.93. The van der Waals surface area contributed by atoms with Gasteiger partial charge >= 0.3 is 0 Å². The fraction of sp³-hybridized carbons (Fsp3) is 0.316. The molecule has 22 heavy (non-hydrogen) atoms. The fourth-order valence-electron chi connectivity index (χ4n) is 2.99. The van der Waals surface area contributed by atoms with E-state index in [4.69, 9.17) is 5.73 Å². The maximum absolute atomic E-state index is 12.2. The molecule has 3 heteroatoms. The summed E-state index contributed by atoms with van der Waals surface area (Å²) in [7, 11) is 0. The normalized spacial score (nSPS) is 15.0. The number of rotatable bonds is 4. The summed E-state index contributed by atoms with van der Waals surface area (Å²) in [5, 5.41) is 3.12. The maximum atomic E-state index is 12.2. The minimum absolute atomic E-state index is 0.0388. The van der Waals surface area contributed by atoms with Crippen LogP contribution in [0.1, 0.15) is 41.6 Å². The summed E-state index contributed by atoms with van der Waals surface area (Å²) in [6.07, 6.45) is 4.67. The standard InChI is InChI=1S/C19H22N2O/c20-13-14-5-7-15(8-6-14)16-9-11-17(12-10-16)19(22)21-18-3-1-2-4-18/h5-12,18H,1-4,13,20H2,(H,21,22). The minimum atomic E-state index is 0.0388. The van der Waals surface area contributed by atoms with E-state index < -0.39 is 0 Å². The third kappa shape index (κ3) is 3.37. The summed E-state index contributed by atoms with van der Waals surface area (Å²) in [5.74, 6) is 0.0388. The third-order valence-electron chi connectivity index (χ3n) is 4.36. The lowest BCUT2D eigenvalue weighted by Crippen LogP contribution is -2.32. The molecule has 3 nitrogen and oxygen atoms in total. The first-order valence-electron chi connectivity index (χ1n) is 7.96. The molecular formula is C19H22N2O. The Morgan fingerprint density at radius 3 is 2.05 bits per heavy atom. The Hall–Kier alpha value is -2.13. The third-order valence-corrected chi connectivity index (χ3v) is 4.36. The molecule has 0 saturated heterocycles. The number of hydrogen-bond acceptors (Lipinski definition) is 2. The average Bonchev–Trinajstić information content (AvgIpc) is 3.08. The van der Waals surface area contributed by atoms with Crippen molar-refractivity contribution in [2.24, 2.45) is 5.73 Å². The Morgan fingerprint density at radius 1 is 0.955 bits per heavy atom. The van der Waals surface area contributed by atoms with Gasteiger partial charge in [-0.15, -0.1) is 0 Å². The van der Waals surface area contributed by atoms with Crippen LogP contribution in [0.15, 0.2) is 48.5 Å². The van der Waals surface area contributed by atoms with Gasteiger partial charge in [-0.1, -0.05) is 49.2 Å². The minimum Gasteiger partial charge on any atom is -0.349 e. The summed E-state index contributed by atoms with van der Waals surface area (Å²) in [4.78, 5) is 12.2. The fourth-order valence-corrected chi connectivity index (χ4v) is 2.99. The summed E-state index contributed by atoms with van der Waals surface area (Å²) in [6, 6.07) is 16.4. The van der Waals surface area contributed by atoms with E-state index in [1.807, 2.05) is 36.4 Å². The molecule has 1 amide bonds. The molecule has 0 bridgehead atoms. The molecule has 1 fully saturated rings. The van der Waals surface area contributed by atoms with Crippen molar-refractivity contribution in [3.8, 4) is 11.1 Å². The zero-order chi connectivity index (χ0) is 15.4. The molecule has 0 atom stereocenters. The number of carbonyl (C=O) groups excluding carboxylic acids is 1. The van der Waals surface area contributed by atoms with Crippen molar-refractivity contribution in [2.75, 3.05) is 0 Å². The van der Waals surface area contributed by atoms with E-state index in [9.17, 15) is 4.79 Å². The topological polar surface area (TPSA) is 55.1 Å². The molecule has 3 N–H and O–H groups in total. The van der Waals surface area contributed by atoms with Crippen molar-refractivity contribution < 1.29 is 4.79 Å². The van der Waals surface area contributed by atoms with Gasteiger partial charge in [0.25, 0.3) is 5.91 Å². The van der Waals surface area contributed by atoms with Gasteiger partial charge in [0, 0.05) is 18.2 Å². The van der Waals surface area contributed by atoms with Gasteiger partial charge in [-0.3, -0.25) is 4.79 Å². The summed E-state index contributed by atoms with van der Waals surface area (Å²) in [6.45, 7) is 0.556. The van der Waals surface area contributed by atoms with Gasteiger partial charge in [-0.25, -0.2) is 0 Å². The van der Waals surface area contributed by atoms with Gasteiger partial charge in [-0.2, -0.15) is 0 Å². The number of hydrogen-bond donors (Lipinski definition) is 2. The highest BCUT2D eigenvalue weighted by Crippen LogP contribution is 2.21. The van der Waals surface area contributed by atoms with Gasteiger partial charge in [-0.05, 0) is 41.7 Å². The first kappa shape index (κ1) is 14.8. The van der Waals surface area contributed by atoms with E-state index in [1.165, 1.54) is 12.8 Å². The summed E-state index contributed by atoms with van der Waals surface area (Å²) >= 11 is 0. The number of carbonyl (C=O) groups is 1. The molecule has 0 spiro atoms. The maximum Gasteiger partial charge on any atom is 0.251 e. The monoisotopic (exact) mass is 294 g/mol. The van der Waals surface area contributed by atoms with Gasteiger partial charge in [0.1, 0.15) is 0 Å². The molecule has 1 saturated carbocycles. The molecule has 1 aliphatic rings. The molecule has 0 unspecified atom stereocenters. The predicted octanol–water partition coefficient (Wildman–Crippen LogP) is 3.48. The van der Waals surface area contributed by atoms with E-state index in [1.54, 1.807) is 0 Å². The SMILES string of the molecule is NCc1ccc(-c2ccc(C(=O)NC3CCCC3)cc2)cc1. The van der Waals surface area contributed by atoms with Crippen molar-refractivity contribution in [1.82, 2.24) is 5.32 Å². The first-order chi connectivity index (χ1) is 10.8. The molecular weight excluding hydrogens is 272 g/mol. The van der Waals surface area contributed by atoms with E-state index in [2.05, 4.69) is 17.4 Å². The lowest BCUT2D eigenvalue weighted by atomic mass is 10.0. The highest BCUT2D eigenvalue weighted by Gasteiger charge is 2.17. The molecule has 1 aliphatic carbocycles. The number of benzene rings is 2. The Balaban J connectivity index is 1.69. The van der Waals surface area contributed by atoms with Crippen LogP contribution in [-0.2, 0) is 6.54 Å². The summed E-state index contributed by atoms with van der Waals surface area (Å²) in [5.41, 5.74) is 9.72. The van der Waals surface area contributed by atoms with Crippen LogP contribution in [-0.4, -0.2) is 11.9 Å². The molecule has 2 aromatic carbocycles. The molecule has 0 radical (unpaired) electrons. The largest absolute Gasteiger partial charge is 0.349 e. The zero-order valence-corrected chi connectivity index (χ0v) is 12.7. The van der Waals surface area contributed by atoms with Gasteiger partial charge in [0.15, 0.2) is 0 Å². The van der Waals surface area contributed by atoms with Gasteiger partial charge in [0.2, 0.25) is 0 Å². The molecule has 0 heterocycles.